The highest BCUT2D eigenvalue weighted by Crippen LogP contribution is 2.40. The van der Waals surface area contributed by atoms with E-state index in [1.165, 1.54) is 51.4 Å². The van der Waals surface area contributed by atoms with Crippen LogP contribution >= 0.6 is 8.58 Å². The maximum atomic E-state index is 2.43. The number of unbranched alkanes of at least 4 members (excludes halogenated alkanes) is 1. The second kappa shape index (κ2) is 9.52. The Morgan fingerprint density at radius 2 is 1.62 bits per heavy atom. The van der Waals surface area contributed by atoms with Crippen LogP contribution in [0.15, 0.2) is 0 Å². The summed E-state index contributed by atoms with van der Waals surface area (Å²) in [6.07, 6.45) is 11.3. The monoisotopic (exact) mass is 242 g/mol. The molecule has 2 heteroatoms. The molecule has 0 saturated heterocycles. The van der Waals surface area contributed by atoms with Crippen LogP contribution in [-0.2, 0) is 0 Å². The molecule has 96 valence electrons. The van der Waals surface area contributed by atoms with Gasteiger partial charge < -0.3 is 0 Å². The molecule has 0 rings (SSSR count). The van der Waals surface area contributed by atoms with Crippen LogP contribution in [-0.4, -0.2) is 19.7 Å². The maximum absolute atomic E-state index is 2.43. The Hall–Kier alpha value is 0.495. The molecule has 2 atom stereocenters. The molecular weight excluding hydrogens is 210 g/mol. The van der Waals surface area contributed by atoms with Crippen molar-refractivity contribution in [3.63, 3.8) is 0 Å². The van der Waals surface area contributed by atoms with Gasteiger partial charge in [-0.2, -0.15) is 0 Å². The van der Waals surface area contributed by atoms with Crippen LogP contribution in [0.3, 0.4) is 0 Å². The van der Waals surface area contributed by atoms with Crippen LogP contribution in [0.2, 0.25) is 5.82 Å². The van der Waals surface area contributed by atoms with E-state index in [0.717, 1.165) is 14.4 Å². The van der Waals surface area contributed by atoms with Gasteiger partial charge >= 0.3 is 0 Å². The molecule has 0 N–H and O–H groups in total. The third-order valence-corrected chi connectivity index (χ3v) is 6.30. The summed E-state index contributed by atoms with van der Waals surface area (Å²) in [5.41, 5.74) is 0. The minimum Gasteiger partial charge on any atom is -0.119 e. The van der Waals surface area contributed by atoms with Gasteiger partial charge in [-0.05, 0) is 31.1 Å². The van der Waals surface area contributed by atoms with E-state index >= 15 is 0 Å². The molecule has 0 amide bonds. The van der Waals surface area contributed by atoms with Crippen molar-refractivity contribution < 1.29 is 0 Å². The van der Waals surface area contributed by atoms with Gasteiger partial charge in [-0.1, -0.05) is 58.7 Å². The molecule has 0 aromatic rings. The number of hydrogen-bond acceptors (Lipinski definition) is 0. The van der Waals surface area contributed by atoms with E-state index < -0.39 is 0 Å². The smallest absolute Gasteiger partial charge is 0.105 e. The van der Waals surface area contributed by atoms with Crippen LogP contribution in [0, 0.1) is 0 Å². The zero-order chi connectivity index (χ0) is 12.4. The second-order valence-corrected chi connectivity index (χ2v) is 6.94. The summed E-state index contributed by atoms with van der Waals surface area (Å²) < 4.78 is 0. The molecule has 0 aliphatic heterocycles. The fourth-order valence-corrected chi connectivity index (χ4v) is 3.70. The summed E-state index contributed by atoms with van der Waals surface area (Å²) in [6.45, 7) is 9.44. The number of rotatable bonds is 10. The van der Waals surface area contributed by atoms with E-state index in [1.807, 2.05) is 0 Å². The van der Waals surface area contributed by atoms with Crippen molar-refractivity contribution in [3.05, 3.63) is 0 Å². The first-order valence-electron chi connectivity index (χ1n) is 7.33. The lowest BCUT2D eigenvalue weighted by molar-refractivity contribution is 0.465. The van der Waals surface area contributed by atoms with Crippen molar-refractivity contribution in [1.29, 1.82) is 0 Å². The highest BCUT2D eigenvalue weighted by Gasteiger charge is 2.23. The van der Waals surface area contributed by atoms with Crippen LogP contribution < -0.4 is 0 Å². The highest BCUT2D eigenvalue weighted by atomic mass is 31.1. The first kappa shape index (κ1) is 16.5. The van der Waals surface area contributed by atoms with Gasteiger partial charge in [0, 0.05) is 0 Å². The molecule has 16 heavy (non-hydrogen) atoms. The SMILES string of the molecule is BC(CCCC)CCCC(CC)(CC)PC. The lowest BCUT2D eigenvalue weighted by atomic mass is 9.78. The predicted molar refractivity (Wildman–Crippen MR) is 83.2 cm³/mol. The van der Waals surface area contributed by atoms with Gasteiger partial charge in [-0.3, -0.25) is 0 Å². The largest absolute Gasteiger partial charge is 0.119 e. The fraction of sp³-hybridized carbons (Fsp3) is 1.00. The van der Waals surface area contributed by atoms with Crippen LogP contribution in [0.1, 0.15) is 72.1 Å². The molecule has 0 aromatic carbocycles. The van der Waals surface area contributed by atoms with Gasteiger partial charge in [-0.15, -0.1) is 8.58 Å². The van der Waals surface area contributed by atoms with Gasteiger partial charge in [0.15, 0.2) is 0 Å². The molecule has 0 aliphatic carbocycles. The molecule has 0 heterocycles. The van der Waals surface area contributed by atoms with Crippen LogP contribution in [0.4, 0.5) is 0 Å². The summed E-state index contributed by atoms with van der Waals surface area (Å²) in [5, 5.41) is 0.685. The summed E-state index contributed by atoms with van der Waals surface area (Å²) >= 11 is 0. The van der Waals surface area contributed by atoms with Gasteiger partial charge in [0.25, 0.3) is 0 Å². The van der Waals surface area contributed by atoms with Gasteiger partial charge in [0.05, 0.1) is 0 Å². The maximum Gasteiger partial charge on any atom is 0.105 e. The molecule has 2 unspecified atom stereocenters. The molecule has 0 nitrogen and oxygen atoms in total. The fourth-order valence-electron chi connectivity index (χ4n) is 2.57. The molecule has 0 radical (unpaired) electrons. The molecule has 0 aromatic heterocycles. The Morgan fingerprint density at radius 1 is 1.06 bits per heavy atom. The van der Waals surface area contributed by atoms with E-state index in [-0.39, 0.29) is 0 Å². The van der Waals surface area contributed by atoms with Crippen molar-refractivity contribution in [2.45, 2.75) is 83.1 Å². The number of hydrogen-bond donors (Lipinski definition) is 0. The Morgan fingerprint density at radius 3 is 2.06 bits per heavy atom. The second-order valence-electron chi connectivity index (χ2n) is 5.38. The minimum absolute atomic E-state index is 0.685. The zero-order valence-corrected chi connectivity index (χ0v) is 13.2. The molecule has 0 aliphatic rings. The van der Waals surface area contributed by atoms with E-state index in [9.17, 15) is 0 Å². The summed E-state index contributed by atoms with van der Waals surface area (Å²) in [5.74, 6) is 0.951. The minimum atomic E-state index is 0.685. The molecule has 0 bridgehead atoms. The van der Waals surface area contributed by atoms with E-state index in [1.54, 1.807) is 0 Å². The molecule has 0 fully saturated rings. The summed E-state index contributed by atoms with van der Waals surface area (Å²) in [6, 6.07) is 0. The van der Waals surface area contributed by atoms with E-state index in [2.05, 4.69) is 35.3 Å². The van der Waals surface area contributed by atoms with Crippen molar-refractivity contribution in [1.82, 2.24) is 0 Å². The Labute approximate surface area is 107 Å². The third kappa shape index (κ3) is 6.28. The van der Waals surface area contributed by atoms with E-state index in [4.69, 9.17) is 0 Å². The Kier molecular flexibility index (Phi) is 9.81. The lowest BCUT2D eigenvalue weighted by Crippen LogP contribution is -2.20. The average molecular weight is 242 g/mol. The van der Waals surface area contributed by atoms with Crippen molar-refractivity contribution in [2.24, 2.45) is 0 Å². The molecular formula is C14H32BP. The van der Waals surface area contributed by atoms with Crippen molar-refractivity contribution in [3.8, 4) is 0 Å². The molecule has 0 spiro atoms. The topological polar surface area (TPSA) is 0 Å². The first-order valence-corrected chi connectivity index (χ1v) is 8.83. The van der Waals surface area contributed by atoms with Crippen molar-refractivity contribution in [2.75, 3.05) is 6.66 Å². The first-order chi connectivity index (χ1) is 7.64. The lowest BCUT2D eigenvalue weighted by Gasteiger charge is -2.31. The van der Waals surface area contributed by atoms with Gasteiger partial charge in [0.2, 0.25) is 0 Å². The third-order valence-electron chi connectivity index (χ3n) is 4.29. The van der Waals surface area contributed by atoms with Crippen LogP contribution in [0.5, 0.6) is 0 Å². The highest BCUT2D eigenvalue weighted by molar-refractivity contribution is 7.39. The standard InChI is InChI=1S/C14H32BP/c1-5-8-10-13(15)11-9-12-14(6-2,7-3)16-4/h13,16H,5-12,15H2,1-4H3. The predicted octanol–water partition coefficient (Wildman–Crippen LogP) is 4.64. The van der Waals surface area contributed by atoms with E-state index in [0.29, 0.717) is 5.16 Å². The zero-order valence-electron chi connectivity index (χ0n) is 12.2. The quantitative estimate of drug-likeness (QED) is 0.387. The molecule has 0 saturated carbocycles. The normalized spacial score (nSPS) is 14.8. The summed E-state index contributed by atoms with van der Waals surface area (Å²) in [4.78, 5) is 0. The van der Waals surface area contributed by atoms with Crippen molar-refractivity contribution >= 4 is 16.4 Å². The van der Waals surface area contributed by atoms with Gasteiger partial charge in [-0.25, -0.2) is 0 Å². The van der Waals surface area contributed by atoms with Crippen LogP contribution in [0.25, 0.3) is 0 Å². The Balaban J connectivity index is 3.77. The van der Waals surface area contributed by atoms with Gasteiger partial charge in [0.1, 0.15) is 7.85 Å². The Bertz CT molecular complexity index is 147. The average Bonchev–Trinajstić information content (AvgIpc) is 2.33. The summed E-state index contributed by atoms with van der Waals surface area (Å²) in [7, 11) is 3.56.